The second-order valence-corrected chi connectivity index (χ2v) is 7.37. The number of H-pyrrole nitrogens is 1. The zero-order valence-electron chi connectivity index (χ0n) is 15.3. The smallest absolute Gasteiger partial charge is 0.190 e. The summed E-state index contributed by atoms with van der Waals surface area (Å²) in [5.41, 5.74) is 2.81. The normalized spacial score (nSPS) is 16.4. The van der Waals surface area contributed by atoms with Crippen molar-refractivity contribution >= 4 is 35.4 Å². The molecule has 0 bridgehead atoms. The Balaban J connectivity index is 1.44. The highest BCUT2D eigenvalue weighted by atomic mass is 16.3. The molecule has 1 aliphatic heterocycles. The molecule has 1 aliphatic rings. The molecule has 0 aromatic carbocycles. The number of aromatic amines is 1. The van der Waals surface area contributed by atoms with E-state index in [-0.39, 0.29) is 5.43 Å². The van der Waals surface area contributed by atoms with Gasteiger partial charge in [-0.1, -0.05) is 0 Å². The van der Waals surface area contributed by atoms with E-state index in [1.54, 1.807) is 12.3 Å². The van der Waals surface area contributed by atoms with Crippen molar-refractivity contribution in [3.05, 3.63) is 58.8 Å². The Bertz CT molecular complexity index is 1170. The van der Waals surface area contributed by atoms with Crippen molar-refractivity contribution in [2.45, 2.75) is 25.4 Å². The largest absolute Gasteiger partial charge is 0.476 e. The van der Waals surface area contributed by atoms with Gasteiger partial charge in [-0.2, -0.15) is 0 Å². The SMILES string of the molecule is Bc1ccc(CN2CCC(n3ccc(=O)c4cnc5[nH]ccc5c43)CC2)o1. The molecule has 4 aromatic heterocycles. The number of hydrogen-bond acceptors (Lipinski definition) is 4. The molecule has 0 unspecified atom stereocenters. The van der Waals surface area contributed by atoms with Crippen molar-refractivity contribution in [3.8, 4) is 0 Å². The van der Waals surface area contributed by atoms with E-state index < -0.39 is 0 Å². The number of rotatable bonds is 3. The van der Waals surface area contributed by atoms with Crippen molar-refractivity contribution in [1.82, 2.24) is 19.4 Å². The predicted octanol–water partition coefficient (Wildman–Crippen LogP) is 1.57. The minimum Gasteiger partial charge on any atom is -0.476 e. The van der Waals surface area contributed by atoms with Crippen molar-refractivity contribution < 1.29 is 4.42 Å². The van der Waals surface area contributed by atoms with Crippen LogP contribution in [-0.2, 0) is 6.54 Å². The van der Waals surface area contributed by atoms with Crippen LogP contribution in [0.4, 0.5) is 0 Å². The summed E-state index contributed by atoms with van der Waals surface area (Å²) >= 11 is 0. The van der Waals surface area contributed by atoms with Crippen molar-refractivity contribution in [2.75, 3.05) is 13.1 Å². The second-order valence-electron chi connectivity index (χ2n) is 7.37. The lowest BCUT2D eigenvalue weighted by Crippen LogP contribution is -2.34. The Morgan fingerprint density at radius 3 is 2.81 bits per heavy atom. The monoisotopic (exact) mass is 360 g/mol. The molecule has 0 radical (unpaired) electrons. The third kappa shape index (κ3) is 2.88. The fourth-order valence-electron chi connectivity index (χ4n) is 4.22. The van der Waals surface area contributed by atoms with E-state index in [0.717, 1.165) is 60.4 Å². The van der Waals surface area contributed by atoms with Gasteiger partial charge in [-0.05, 0) is 31.0 Å². The highest BCUT2D eigenvalue weighted by molar-refractivity contribution is 6.29. The van der Waals surface area contributed by atoms with Crippen LogP contribution < -0.4 is 11.1 Å². The van der Waals surface area contributed by atoms with Gasteiger partial charge < -0.3 is 14.0 Å². The lowest BCUT2D eigenvalue weighted by molar-refractivity contribution is 0.171. The number of hydrogen-bond donors (Lipinski definition) is 1. The Kier molecular flexibility index (Phi) is 3.90. The van der Waals surface area contributed by atoms with Crippen LogP contribution in [0, 0.1) is 0 Å². The van der Waals surface area contributed by atoms with E-state index in [1.165, 1.54) is 0 Å². The lowest BCUT2D eigenvalue weighted by Gasteiger charge is -2.33. The topological polar surface area (TPSA) is 67.1 Å². The van der Waals surface area contributed by atoms with Crippen LogP contribution in [0.25, 0.3) is 21.9 Å². The summed E-state index contributed by atoms with van der Waals surface area (Å²) in [4.78, 5) is 22.3. The van der Waals surface area contributed by atoms with Crippen LogP contribution >= 0.6 is 0 Å². The van der Waals surface area contributed by atoms with E-state index in [1.807, 2.05) is 32.4 Å². The molecule has 0 aliphatic carbocycles. The standard InChI is InChI=1S/C20H21BN4O2/c21-18-2-1-14(27-18)12-24-8-4-13(5-9-24)25-10-6-17(26)16-11-23-20-15(19(16)25)3-7-22-20/h1-3,6-7,10-11,13H,4-5,8-9,12,21H2,(H,22,23). The maximum atomic E-state index is 12.4. The van der Waals surface area contributed by atoms with E-state index in [4.69, 9.17) is 4.42 Å². The third-order valence-electron chi connectivity index (χ3n) is 5.59. The first kappa shape index (κ1) is 16.4. The van der Waals surface area contributed by atoms with Crippen molar-refractivity contribution in [2.24, 2.45) is 0 Å². The fraction of sp³-hybridized carbons (Fsp3) is 0.300. The molecule has 0 spiro atoms. The average molecular weight is 360 g/mol. The second kappa shape index (κ2) is 6.42. The third-order valence-corrected chi connectivity index (χ3v) is 5.59. The molecule has 27 heavy (non-hydrogen) atoms. The Labute approximate surface area is 157 Å². The molecule has 7 heteroatoms. The maximum absolute atomic E-state index is 12.4. The van der Waals surface area contributed by atoms with Gasteiger partial charge in [0.1, 0.15) is 11.4 Å². The fourth-order valence-corrected chi connectivity index (χ4v) is 4.22. The number of likely N-dealkylation sites (tertiary alicyclic amines) is 1. The molecule has 1 saturated heterocycles. The molecular weight excluding hydrogens is 339 g/mol. The van der Waals surface area contributed by atoms with Gasteiger partial charge in [0, 0.05) is 49.2 Å². The number of nitrogens with zero attached hydrogens (tertiary/aromatic N) is 3. The summed E-state index contributed by atoms with van der Waals surface area (Å²) < 4.78 is 8.00. The maximum Gasteiger partial charge on any atom is 0.190 e. The van der Waals surface area contributed by atoms with Gasteiger partial charge in [0.15, 0.2) is 13.3 Å². The molecule has 0 atom stereocenters. The number of fused-ring (bicyclic) bond motifs is 3. The minimum atomic E-state index is 0.0301. The van der Waals surface area contributed by atoms with Crippen LogP contribution in [0.15, 0.2) is 52.1 Å². The molecule has 1 fully saturated rings. The summed E-state index contributed by atoms with van der Waals surface area (Å²) in [5.74, 6) is 1.03. The minimum absolute atomic E-state index is 0.0301. The van der Waals surface area contributed by atoms with E-state index >= 15 is 0 Å². The molecule has 1 N–H and O–H groups in total. The average Bonchev–Trinajstić information content (AvgIpc) is 3.31. The Morgan fingerprint density at radius 1 is 1.19 bits per heavy atom. The summed E-state index contributed by atoms with van der Waals surface area (Å²) in [5, 5.41) is 1.71. The zero-order chi connectivity index (χ0) is 18.4. The molecule has 5 heterocycles. The first-order valence-corrected chi connectivity index (χ1v) is 9.43. The van der Waals surface area contributed by atoms with Gasteiger partial charge in [0.05, 0.1) is 23.1 Å². The Morgan fingerprint density at radius 2 is 2.04 bits per heavy atom. The van der Waals surface area contributed by atoms with Gasteiger partial charge in [0.2, 0.25) is 0 Å². The van der Waals surface area contributed by atoms with E-state index in [0.29, 0.717) is 11.4 Å². The molecule has 4 aromatic rings. The molecule has 6 nitrogen and oxygen atoms in total. The quantitative estimate of drug-likeness (QED) is 0.563. The van der Waals surface area contributed by atoms with Gasteiger partial charge in [-0.25, -0.2) is 4.98 Å². The summed E-state index contributed by atoms with van der Waals surface area (Å²) in [6, 6.07) is 8.13. The van der Waals surface area contributed by atoms with Crippen LogP contribution in [0.1, 0.15) is 24.6 Å². The first-order chi connectivity index (χ1) is 13.2. The number of nitrogens with one attached hydrogen (secondary N) is 1. The number of aromatic nitrogens is 3. The molecule has 0 saturated carbocycles. The number of furan rings is 1. The summed E-state index contributed by atoms with van der Waals surface area (Å²) in [6.45, 7) is 2.89. The van der Waals surface area contributed by atoms with Gasteiger partial charge in [-0.15, -0.1) is 0 Å². The van der Waals surface area contributed by atoms with Gasteiger partial charge in [0.25, 0.3) is 0 Å². The van der Waals surface area contributed by atoms with Crippen molar-refractivity contribution in [1.29, 1.82) is 0 Å². The summed E-state index contributed by atoms with van der Waals surface area (Å²) in [6.07, 6.45) is 7.62. The first-order valence-electron chi connectivity index (χ1n) is 9.43. The van der Waals surface area contributed by atoms with E-state index in [9.17, 15) is 4.79 Å². The number of piperidine rings is 1. The molecule has 136 valence electrons. The highest BCUT2D eigenvalue weighted by Crippen LogP contribution is 2.29. The molecule has 5 rings (SSSR count). The van der Waals surface area contributed by atoms with Crippen LogP contribution in [0.2, 0.25) is 0 Å². The van der Waals surface area contributed by atoms with E-state index in [2.05, 4.69) is 25.5 Å². The summed E-state index contributed by atoms with van der Waals surface area (Å²) in [7, 11) is 1.98. The molecule has 0 amide bonds. The van der Waals surface area contributed by atoms with Crippen LogP contribution in [0.5, 0.6) is 0 Å². The van der Waals surface area contributed by atoms with Crippen LogP contribution in [0.3, 0.4) is 0 Å². The molecular formula is C20H21BN4O2. The number of pyridine rings is 2. The highest BCUT2D eigenvalue weighted by Gasteiger charge is 2.23. The Hall–Kier alpha value is -2.80. The lowest BCUT2D eigenvalue weighted by atomic mass is 10.0. The van der Waals surface area contributed by atoms with Gasteiger partial charge in [-0.3, -0.25) is 9.69 Å². The van der Waals surface area contributed by atoms with Crippen LogP contribution in [-0.4, -0.2) is 40.4 Å². The zero-order valence-corrected chi connectivity index (χ0v) is 15.3. The van der Waals surface area contributed by atoms with Crippen molar-refractivity contribution in [3.63, 3.8) is 0 Å². The van der Waals surface area contributed by atoms with Gasteiger partial charge >= 0.3 is 0 Å². The predicted molar refractivity (Wildman–Crippen MR) is 108 cm³/mol.